The molecule has 8 heteroatoms. The summed E-state index contributed by atoms with van der Waals surface area (Å²) in [5.41, 5.74) is 5.76. The third-order valence-electron chi connectivity index (χ3n) is 4.03. The lowest BCUT2D eigenvalue weighted by Gasteiger charge is -2.21. The van der Waals surface area contributed by atoms with E-state index in [1.165, 1.54) is 6.42 Å². The second-order valence-corrected chi connectivity index (χ2v) is 6.84. The standard InChI is InChI=1S/C17H22ClN3O3S/c1-11-9-13(7-8-14(11)18)24-10-15(22)20-21-17(25)19-16(23)12-5-3-2-4-6-12/h7-9,12H,2-6,10H2,1H3,(H,20,22)(H2,19,21,23,25). The number of carbonyl (C=O) groups is 2. The molecule has 0 aliphatic heterocycles. The van der Waals surface area contributed by atoms with Gasteiger partial charge < -0.3 is 10.1 Å². The van der Waals surface area contributed by atoms with E-state index in [1.807, 2.05) is 6.92 Å². The zero-order valence-corrected chi connectivity index (χ0v) is 15.6. The lowest BCUT2D eigenvalue weighted by Crippen LogP contribution is -2.50. The van der Waals surface area contributed by atoms with E-state index >= 15 is 0 Å². The molecule has 0 heterocycles. The van der Waals surface area contributed by atoms with Crippen molar-refractivity contribution < 1.29 is 14.3 Å². The van der Waals surface area contributed by atoms with Gasteiger partial charge in [0.1, 0.15) is 5.75 Å². The molecular formula is C17H22ClN3O3S. The quantitative estimate of drug-likeness (QED) is 0.550. The minimum Gasteiger partial charge on any atom is -0.484 e. The largest absolute Gasteiger partial charge is 0.484 e. The molecule has 2 amide bonds. The Kier molecular flexibility index (Phi) is 7.46. The van der Waals surface area contributed by atoms with Crippen molar-refractivity contribution in [2.24, 2.45) is 5.92 Å². The van der Waals surface area contributed by atoms with Gasteiger partial charge in [-0.25, -0.2) is 0 Å². The average molecular weight is 384 g/mol. The number of hydrogen-bond donors (Lipinski definition) is 3. The first-order chi connectivity index (χ1) is 12.0. The predicted molar refractivity (Wildman–Crippen MR) is 100 cm³/mol. The fourth-order valence-electron chi connectivity index (χ4n) is 2.63. The van der Waals surface area contributed by atoms with Crippen LogP contribution in [0.5, 0.6) is 5.75 Å². The van der Waals surface area contributed by atoms with Gasteiger partial charge in [-0.15, -0.1) is 0 Å². The Hall–Kier alpha value is -1.86. The number of thiocarbonyl (C=S) groups is 1. The third kappa shape index (κ3) is 6.51. The Labute approximate surface area is 157 Å². The highest BCUT2D eigenvalue weighted by Crippen LogP contribution is 2.23. The SMILES string of the molecule is Cc1cc(OCC(=O)NNC(=S)NC(=O)C2CCCCC2)ccc1Cl. The molecule has 136 valence electrons. The van der Waals surface area contributed by atoms with E-state index in [1.54, 1.807) is 18.2 Å². The number of ether oxygens (including phenoxy) is 1. The zero-order valence-electron chi connectivity index (χ0n) is 14.1. The summed E-state index contributed by atoms with van der Waals surface area (Å²) in [4.78, 5) is 23.8. The van der Waals surface area contributed by atoms with Crippen LogP contribution in [0.4, 0.5) is 0 Å². The number of carbonyl (C=O) groups excluding carboxylic acids is 2. The van der Waals surface area contributed by atoms with Gasteiger partial charge in [0.2, 0.25) is 5.91 Å². The summed E-state index contributed by atoms with van der Waals surface area (Å²) in [6.45, 7) is 1.66. The molecule has 0 bridgehead atoms. The molecule has 1 saturated carbocycles. The average Bonchev–Trinajstić information content (AvgIpc) is 2.61. The lowest BCUT2D eigenvalue weighted by atomic mass is 9.89. The Bertz CT molecular complexity index is 648. The molecule has 0 aromatic heterocycles. The maximum absolute atomic E-state index is 12.0. The first-order valence-corrected chi connectivity index (χ1v) is 9.03. The van der Waals surface area contributed by atoms with Gasteiger partial charge in [0, 0.05) is 10.9 Å². The minimum atomic E-state index is -0.415. The van der Waals surface area contributed by atoms with Crippen LogP contribution in [0.1, 0.15) is 37.7 Å². The topological polar surface area (TPSA) is 79.5 Å². The van der Waals surface area contributed by atoms with Gasteiger partial charge in [0.05, 0.1) is 0 Å². The Morgan fingerprint density at radius 3 is 2.64 bits per heavy atom. The maximum Gasteiger partial charge on any atom is 0.276 e. The van der Waals surface area contributed by atoms with Crippen LogP contribution in [0, 0.1) is 12.8 Å². The van der Waals surface area contributed by atoms with Crippen molar-refractivity contribution >= 4 is 40.7 Å². The smallest absolute Gasteiger partial charge is 0.276 e. The van der Waals surface area contributed by atoms with Gasteiger partial charge in [0.25, 0.3) is 5.91 Å². The van der Waals surface area contributed by atoms with Gasteiger partial charge >= 0.3 is 0 Å². The van der Waals surface area contributed by atoms with Crippen LogP contribution in [-0.2, 0) is 9.59 Å². The van der Waals surface area contributed by atoms with Crippen LogP contribution >= 0.6 is 23.8 Å². The van der Waals surface area contributed by atoms with E-state index in [4.69, 9.17) is 28.6 Å². The summed E-state index contributed by atoms with van der Waals surface area (Å²) in [5, 5.41) is 3.32. The van der Waals surface area contributed by atoms with Gasteiger partial charge in [-0.1, -0.05) is 30.9 Å². The Balaban J connectivity index is 1.67. The van der Waals surface area contributed by atoms with Crippen molar-refractivity contribution in [2.45, 2.75) is 39.0 Å². The molecule has 2 rings (SSSR count). The maximum atomic E-state index is 12.0. The van der Waals surface area contributed by atoms with E-state index in [-0.39, 0.29) is 23.5 Å². The second kappa shape index (κ2) is 9.58. The fraction of sp³-hybridized carbons (Fsp3) is 0.471. The van der Waals surface area contributed by atoms with E-state index < -0.39 is 5.91 Å². The molecule has 1 fully saturated rings. The molecule has 1 aliphatic carbocycles. The van der Waals surface area contributed by atoms with E-state index in [2.05, 4.69) is 16.2 Å². The van der Waals surface area contributed by atoms with Crippen molar-refractivity contribution in [1.82, 2.24) is 16.2 Å². The first-order valence-electron chi connectivity index (χ1n) is 8.24. The van der Waals surface area contributed by atoms with Gasteiger partial charge in [-0.05, 0) is 55.7 Å². The first kappa shape index (κ1) is 19.5. The van der Waals surface area contributed by atoms with Crippen molar-refractivity contribution in [3.63, 3.8) is 0 Å². The Morgan fingerprint density at radius 2 is 1.96 bits per heavy atom. The predicted octanol–water partition coefficient (Wildman–Crippen LogP) is 2.63. The number of hydrogen-bond acceptors (Lipinski definition) is 4. The highest BCUT2D eigenvalue weighted by Gasteiger charge is 2.21. The number of nitrogens with one attached hydrogen (secondary N) is 3. The Morgan fingerprint density at radius 1 is 1.24 bits per heavy atom. The molecule has 0 saturated heterocycles. The fourth-order valence-corrected chi connectivity index (χ4v) is 2.90. The molecule has 0 atom stereocenters. The van der Waals surface area contributed by atoms with Crippen LogP contribution in [0.15, 0.2) is 18.2 Å². The molecule has 1 aromatic carbocycles. The van der Waals surface area contributed by atoms with Crippen LogP contribution in [-0.4, -0.2) is 23.5 Å². The number of halogens is 1. The summed E-state index contributed by atoms with van der Waals surface area (Å²) < 4.78 is 5.37. The number of rotatable bonds is 4. The summed E-state index contributed by atoms with van der Waals surface area (Å²) in [7, 11) is 0. The molecule has 0 unspecified atom stereocenters. The van der Waals surface area contributed by atoms with Crippen LogP contribution in [0.3, 0.4) is 0 Å². The normalized spacial score (nSPS) is 14.5. The number of amides is 2. The van der Waals surface area contributed by atoms with Crippen LogP contribution < -0.4 is 20.9 Å². The molecule has 25 heavy (non-hydrogen) atoms. The minimum absolute atomic E-state index is 0.000629. The van der Waals surface area contributed by atoms with Gasteiger partial charge in [-0.3, -0.25) is 20.4 Å². The van der Waals surface area contributed by atoms with E-state index in [0.29, 0.717) is 10.8 Å². The number of aryl methyl sites for hydroxylation is 1. The van der Waals surface area contributed by atoms with Crippen molar-refractivity contribution in [2.75, 3.05) is 6.61 Å². The second-order valence-electron chi connectivity index (χ2n) is 6.03. The molecule has 1 aliphatic rings. The van der Waals surface area contributed by atoms with Crippen LogP contribution in [0.2, 0.25) is 5.02 Å². The lowest BCUT2D eigenvalue weighted by molar-refractivity contribution is -0.125. The molecule has 6 nitrogen and oxygen atoms in total. The summed E-state index contributed by atoms with van der Waals surface area (Å²) in [6, 6.07) is 5.14. The van der Waals surface area contributed by atoms with Crippen molar-refractivity contribution in [1.29, 1.82) is 0 Å². The summed E-state index contributed by atoms with van der Waals surface area (Å²) in [5.74, 6) is 0.0344. The van der Waals surface area contributed by atoms with Crippen LogP contribution in [0.25, 0.3) is 0 Å². The zero-order chi connectivity index (χ0) is 18.2. The van der Waals surface area contributed by atoms with Gasteiger partial charge in [0.15, 0.2) is 11.7 Å². The van der Waals surface area contributed by atoms with Gasteiger partial charge in [-0.2, -0.15) is 0 Å². The van der Waals surface area contributed by atoms with Crippen molar-refractivity contribution in [3.05, 3.63) is 28.8 Å². The number of benzene rings is 1. The molecule has 0 spiro atoms. The number of hydrazine groups is 1. The highest BCUT2D eigenvalue weighted by molar-refractivity contribution is 7.80. The van der Waals surface area contributed by atoms with E-state index in [0.717, 1.165) is 31.2 Å². The van der Waals surface area contributed by atoms with Crippen molar-refractivity contribution in [3.8, 4) is 5.75 Å². The van der Waals surface area contributed by atoms with E-state index in [9.17, 15) is 9.59 Å². The molecule has 3 N–H and O–H groups in total. The monoisotopic (exact) mass is 383 g/mol. The molecule has 0 radical (unpaired) electrons. The molecule has 1 aromatic rings. The summed E-state index contributed by atoms with van der Waals surface area (Å²) >= 11 is 10.9. The summed E-state index contributed by atoms with van der Waals surface area (Å²) in [6.07, 6.45) is 5.08. The highest BCUT2D eigenvalue weighted by atomic mass is 35.5. The molecular weight excluding hydrogens is 362 g/mol. The third-order valence-corrected chi connectivity index (χ3v) is 4.66.